The molecular weight excluding hydrogens is 441 g/mol. The van der Waals surface area contributed by atoms with Crippen molar-refractivity contribution in [3.05, 3.63) is 35.8 Å². The van der Waals surface area contributed by atoms with Crippen molar-refractivity contribution < 1.29 is 22.8 Å². The van der Waals surface area contributed by atoms with Gasteiger partial charge in [-0.3, -0.25) is 15.0 Å². The van der Waals surface area contributed by atoms with Crippen LogP contribution in [0.3, 0.4) is 0 Å². The van der Waals surface area contributed by atoms with E-state index in [9.17, 15) is 22.8 Å². The molecule has 0 radical (unpaired) electrons. The molecule has 3 amide bonds. The number of hydrogen-bond acceptors (Lipinski definition) is 6. The van der Waals surface area contributed by atoms with Crippen molar-refractivity contribution in [3.8, 4) is 0 Å². The van der Waals surface area contributed by atoms with Crippen LogP contribution in [0.15, 0.2) is 24.5 Å². The van der Waals surface area contributed by atoms with Gasteiger partial charge in [-0.15, -0.1) is 0 Å². The Labute approximate surface area is 185 Å². The van der Waals surface area contributed by atoms with E-state index in [-0.39, 0.29) is 23.5 Å². The van der Waals surface area contributed by atoms with E-state index in [0.29, 0.717) is 30.8 Å². The van der Waals surface area contributed by atoms with Crippen LogP contribution >= 0.6 is 0 Å². The molecule has 10 nitrogen and oxygen atoms in total. The van der Waals surface area contributed by atoms with Gasteiger partial charge in [0.25, 0.3) is 5.91 Å². The Hall–Kier alpha value is -3.90. The number of fused-ring (bicyclic) bond motifs is 5. The summed E-state index contributed by atoms with van der Waals surface area (Å²) in [4.78, 5) is 44.6. The van der Waals surface area contributed by atoms with Crippen LogP contribution in [0, 0.1) is 6.92 Å². The first-order valence-electron chi connectivity index (χ1n) is 10.2. The second-order valence-corrected chi connectivity index (χ2v) is 7.95. The molecule has 1 fully saturated rings. The molecule has 5 rings (SSSR count). The number of carbonyl (C=O) groups excluding carboxylic acids is 2. The van der Waals surface area contributed by atoms with Gasteiger partial charge in [-0.25, -0.2) is 14.8 Å². The number of nitrogens with zero attached hydrogens (tertiary/aromatic N) is 5. The van der Waals surface area contributed by atoms with Gasteiger partial charge in [0.15, 0.2) is 5.82 Å². The lowest BCUT2D eigenvalue weighted by Gasteiger charge is -2.35. The lowest BCUT2D eigenvalue weighted by molar-refractivity contribution is -0.123. The van der Waals surface area contributed by atoms with Crippen molar-refractivity contribution in [2.45, 2.75) is 25.6 Å². The van der Waals surface area contributed by atoms with Crippen LogP contribution in [-0.2, 0) is 0 Å². The number of aryl methyl sites for hydroxylation is 1. The number of halogens is 3. The van der Waals surface area contributed by atoms with Gasteiger partial charge in [0.2, 0.25) is 5.95 Å². The van der Waals surface area contributed by atoms with Crippen LogP contribution in [-0.4, -0.2) is 63.7 Å². The Morgan fingerprint density at radius 2 is 2.09 bits per heavy atom. The fraction of sp³-hybridized carbons (Fsp3) is 0.350. The van der Waals surface area contributed by atoms with Crippen LogP contribution in [0.4, 0.5) is 35.4 Å². The number of aromatic nitrogens is 4. The monoisotopic (exact) mass is 460 g/mol. The van der Waals surface area contributed by atoms with Gasteiger partial charge in [0.05, 0.1) is 11.7 Å². The molecule has 33 heavy (non-hydrogen) atoms. The number of amides is 3. The quantitative estimate of drug-likeness (QED) is 0.553. The van der Waals surface area contributed by atoms with Crippen molar-refractivity contribution in [1.82, 2.24) is 25.3 Å². The number of alkyl halides is 3. The fourth-order valence-corrected chi connectivity index (χ4v) is 4.12. The van der Waals surface area contributed by atoms with Crippen LogP contribution < -0.4 is 20.4 Å². The average Bonchev–Trinajstić information content (AvgIpc) is 3.35. The summed E-state index contributed by atoms with van der Waals surface area (Å²) in [5.74, 6) is -0.674. The van der Waals surface area contributed by atoms with E-state index < -0.39 is 24.7 Å². The van der Waals surface area contributed by atoms with Crippen LogP contribution in [0.2, 0.25) is 0 Å². The predicted molar refractivity (Wildman–Crippen MR) is 113 cm³/mol. The Kier molecular flexibility index (Phi) is 4.83. The molecule has 0 spiro atoms. The Morgan fingerprint density at radius 3 is 2.88 bits per heavy atom. The van der Waals surface area contributed by atoms with E-state index in [4.69, 9.17) is 0 Å². The van der Waals surface area contributed by atoms with E-state index >= 15 is 0 Å². The van der Waals surface area contributed by atoms with Crippen molar-refractivity contribution >= 4 is 40.4 Å². The maximum atomic E-state index is 13.2. The molecule has 0 saturated carbocycles. The van der Waals surface area contributed by atoms with Crippen molar-refractivity contribution in [2.75, 3.05) is 34.8 Å². The topological polar surface area (TPSA) is 119 Å². The first kappa shape index (κ1) is 21.0. The normalized spacial score (nSPS) is 17.3. The second kappa shape index (κ2) is 7.60. The third-order valence-corrected chi connectivity index (χ3v) is 5.71. The molecule has 3 N–H and O–H groups in total. The number of anilines is 3. The summed E-state index contributed by atoms with van der Waals surface area (Å²) in [5.41, 5.74) is 1.96. The number of pyridine rings is 1. The maximum absolute atomic E-state index is 13.2. The second-order valence-electron chi connectivity index (χ2n) is 7.95. The number of carbonyl (C=O) groups is 2. The SMILES string of the molecule is Cc1c[nH]c2nc(NC(=O)N3c4nc(C(=O)NCC(F)(F)F)ccc4N4CCC3C4)ncc12. The van der Waals surface area contributed by atoms with Gasteiger partial charge < -0.3 is 15.2 Å². The molecule has 172 valence electrons. The number of hydrogen-bond donors (Lipinski definition) is 3. The van der Waals surface area contributed by atoms with Crippen LogP contribution in [0.5, 0.6) is 0 Å². The van der Waals surface area contributed by atoms with Crippen molar-refractivity contribution in [1.29, 1.82) is 0 Å². The standard InChI is InChI=1S/C20H19F3N8O2/c1-10-6-24-15-12(10)7-25-18(28-15)29-19(33)31-11-4-5-30(8-11)14-3-2-13(27-16(14)31)17(32)26-9-20(21,22)23/h2-3,6-7,11H,4-5,8-9H2,1H3,(H,26,32)(H2,24,25,28,29,33). The third kappa shape index (κ3) is 3.90. The van der Waals surface area contributed by atoms with E-state index in [1.165, 1.54) is 11.0 Å². The first-order chi connectivity index (χ1) is 15.7. The van der Waals surface area contributed by atoms with Crippen molar-refractivity contribution in [2.24, 2.45) is 0 Å². The highest BCUT2D eigenvalue weighted by Crippen LogP contribution is 2.39. The lowest BCUT2D eigenvalue weighted by Crippen LogP contribution is -2.48. The van der Waals surface area contributed by atoms with Gasteiger partial charge in [0.1, 0.15) is 17.9 Å². The molecule has 13 heteroatoms. The summed E-state index contributed by atoms with van der Waals surface area (Å²) in [7, 11) is 0. The number of aromatic amines is 1. The molecule has 1 saturated heterocycles. The highest BCUT2D eigenvalue weighted by Gasteiger charge is 2.41. The molecule has 0 aliphatic carbocycles. The minimum Gasteiger partial charge on any atom is -0.366 e. The largest absolute Gasteiger partial charge is 0.405 e. The zero-order valence-electron chi connectivity index (χ0n) is 17.4. The molecule has 3 aromatic heterocycles. The fourth-order valence-electron chi connectivity index (χ4n) is 4.12. The third-order valence-electron chi connectivity index (χ3n) is 5.71. The highest BCUT2D eigenvalue weighted by atomic mass is 19.4. The summed E-state index contributed by atoms with van der Waals surface area (Å²) < 4.78 is 37.4. The van der Waals surface area contributed by atoms with Gasteiger partial charge >= 0.3 is 12.2 Å². The maximum Gasteiger partial charge on any atom is 0.405 e. The molecule has 2 aliphatic rings. The highest BCUT2D eigenvalue weighted by molar-refractivity contribution is 6.05. The average molecular weight is 460 g/mol. The smallest absolute Gasteiger partial charge is 0.366 e. The minimum atomic E-state index is -4.54. The molecule has 2 aliphatic heterocycles. The summed E-state index contributed by atoms with van der Waals surface area (Å²) in [6, 6.07) is 2.20. The van der Waals surface area contributed by atoms with Gasteiger partial charge in [-0.1, -0.05) is 0 Å². The zero-order valence-corrected chi connectivity index (χ0v) is 17.4. The van der Waals surface area contributed by atoms with E-state index in [1.807, 2.05) is 11.8 Å². The predicted octanol–water partition coefficient (Wildman–Crippen LogP) is 2.58. The number of nitrogens with one attached hydrogen (secondary N) is 3. The number of urea groups is 1. The van der Waals surface area contributed by atoms with Gasteiger partial charge in [-0.2, -0.15) is 18.2 Å². The van der Waals surface area contributed by atoms with Crippen molar-refractivity contribution in [3.63, 3.8) is 0 Å². The molecular formula is C20H19F3N8O2. The number of H-pyrrole nitrogens is 1. The molecule has 1 atom stereocenters. The van der Waals surface area contributed by atoms with E-state index in [2.05, 4.69) is 25.3 Å². The minimum absolute atomic E-state index is 0.0930. The first-order valence-corrected chi connectivity index (χ1v) is 10.2. The summed E-state index contributed by atoms with van der Waals surface area (Å²) >= 11 is 0. The summed E-state index contributed by atoms with van der Waals surface area (Å²) in [6.45, 7) is 1.71. The van der Waals surface area contributed by atoms with E-state index in [0.717, 1.165) is 10.9 Å². The molecule has 1 unspecified atom stereocenters. The summed E-state index contributed by atoms with van der Waals surface area (Å²) in [5, 5.41) is 5.30. The zero-order chi connectivity index (χ0) is 23.3. The summed E-state index contributed by atoms with van der Waals surface area (Å²) in [6.07, 6.45) is -0.477. The lowest BCUT2D eigenvalue weighted by atomic mass is 10.1. The van der Waals surface area contributed by atoms with E-state index in [1.54, 1.807) is 23.8 Å². The van der Waals surface area contributed by atoms with Crippen LogP contribution in [0.1, 0.15) is 22.5 Å². The Morgan fingerprint density at radius 1 is 1.27 bits per heavy atom. The van der Waals surface area contributed by atoms with Gasteiger partial charge in [0, 0.05) is 30.9 Å². The van der Waals surface area contributed by atoms with Gasteiger partial charge in [-0.05, 0) is 31.0 Å². The molecule has 5 heterocycles. The number of rotatable bonds is 3. The Balaban J connectivity index is 1.43. The molecule has 2 bridgehead atoms. The Bertz CT molecular complexity index is 1260. The molecule has 3 aromatic rings. The molecule has 0 aromatic carbocycles. The van der Waals surface area contributed by atoms with Crippen LogP contribution in [0.25, 0.3) is 11.0 Å².